The fourth-order valence-corrected chi connectivity index (χ4v) is 3.24. The fourth-order valence-electron chi connectivity index (χ4n) is 1.07. The molecule has 1 aliphatic rings. The molecular weight excluding hydrogens is 285 g/mol. The molecule has 0 spiro atoms. The lowest BCUT2D eigenvalue weighted by Crippen LogP contribution is -2.35. The van der Waals surface area contributed by atoms with Gasteiger partial charge in [-0.1, -0.05) is 23.2 Å². The lowest BCUT2D eigenvalue weighted by Gasteiger charge is -2.37. The van der Waals surface area contributed by atoms with E-state index >= 15 is 0 Å². The molecule has 0 fully saturated rings. The van der Waals surface area contributed by atoms with Crippen LogP contribution in [-0.2, 0) is 0 Å². The van der Waals surface area contributed by atoms with Crippen molar-refractivity contribution in [1.82, 2.24) is 0 Å². The number of hydrogen-bond acceptors (Lipinski definition) is 0. The number of hydrogen-bond donors (Lipinski definition) is 0. The number of halogens is 6. The molecule has 0 aromatic heterocycles. The summed E-state index contributed by atoms with van der Waals surface area (Å²) in [5, 5.41) is 0.922. The predicted octanol–water partition coefficient (Wildman–Crippen LogP) is 4.53. The predicted molar refractivity (Wildman–Crippen MR) is 56.7 cm³/mol. The quantitative estimate of drug-likeness (QED) is 0.655. The summed E-state index contributed by atoms with van der Waals surface area (Å²) in [7, 11) is 0. The van der Waals surface area contributed by atoms with Gasteiger partial charge < -0.3 is 0 Å². The van der Waals surface area contributed by atoms with Gasteiger partial charge in [-0.25, -0.2) is 0 Å². The second kappa shape index (κ2) is 4.33. The highest BCUT2D eigenvalue weighted by molar-refractivity contribution is 6.50. The Morgan fingerprint density at radius 3 is 1.17 bits per heavy atom. The first-order chi connectivity index (χ1) is 5.46. The topological polar surface area (TPSA) is 0 Å². The molecule has 6 heteroatoms. The van der Waals surface area contributed by atoms with Crippen molar-refractivity contribution in [2.75, 3.05) is 0 Å². The van der Waals surface area contributed by atoms with Gasteiger partial charge in [0, 0.05) is 21.9 Å². The summed E-state index contributed by atoms with van der Waals surface area (Å²) in [6, 6.07) is 0. The molecule has 0 aromatic carbocycles. The molecule has 0 heterocycles. The molecule has 0 bridgehead atoms. The van der Waals surface area contributed by atoms with Crippen LogP contribution in [0.15, 0.2) is 10.1 Å². The van der Waals surface area contributed by atoms with Gasteiger partial charge in [-0.05, 0) is 0 Å². The molecule has 0 nitrogen and oxygen atoms in total. The van der Waals surface area contributed by atoms with Crippen molar-refractivity contribution in [2.45, 2.75) is 9.67 Å². The highest BCUT2D eigenvalue weighted by Gasteiger charge is 2.45. The van der Waals surface area contributed by atoms with Crippen LogP contribution in [0.5, 0.6) is 0 Å². The second-order valence-electron chi connectivity index (χ2n) is 2.42. The minimum Gasteiger partial charge on any atom is -0.105 e. The Labute approximate surface area is 101 Å². The average Bonchev–Trinajstić information content (AvgIpc) is 1.96. The minimum atomic E-state index is -0.620. The molecule has 0 N–H and O–H groups in total. The summed E-state index contributed by atoms with van der Waals surface area (Å²) >= 11 is 34.1. The van der Waals surface area contributed by atoms with Crippen molar-refractivity contribution in [3.05, 3.63) is 10.1 Å². The molecule has 0 radical (unpaired) electrons. The third-order valence-electron chi connectivity index (χ3n) is 1.74. The minimum absolute atomic E-state index is 0.234. The summed E-state index contributed by atoms with van der Waals surface area (Å²) in [4.78, 5) is -1.24. The van der Waals surface area contributed by atoms with Gasteiger partial charge in [0.25, 0.3) is 0 Å². The summed E-state index contributed by atoms with van der Waals surface area (Å²) < 4.78 is 0. The Hall–Kier alpha value is 1.48. The van der Waals surface area contributed by atoms with Crippen LogP contribution in [-0.4, -0.2) is 9.67 Å². The van der Waals surface area contributed by atoms with Crippen LogP contribution in [0.25, 0.3) is 0 Å². The molecule has 0 aromatic rings. The van der Waals surface area contributed by atoms with Crippen LogP contribution in [0, 0.1) is 11.8 Å². The maximum atomic E-state index is 5.76. The molecular formula is C6H4Cl6. The first-order valence-electron chi connectivity index (χ1n) is 3.08. The lowest BCUT2D eigenvalue weighted by atomic mass is 9.84. The van der Waals surface area contributed by atoms with Crippen molar-refractivity contribution in [3.63, 3.8) is 0 Å². The lowest BCUT2D eigenvalue weighted by molar-refractivity contribution is 0.451. The van der Waals surface area contributed by atoms with E-state index in [1.165, 1.54) is 0 Å². The van der Waals surface area contributed by atoms with Crippen molar-refractivity contribution in [3.8, 4) is 0 Å². The van der Waals surface area contributed by atoms with Gasteiger partial charge in [0.05, 0.1) is 0 Å². The van der Waals surface area contributed by atoms with Gasteiger partial charge in [0.2, 0.25) is 0 Å². The van der Waals surface area contributed by atoms with Crippen LogP contribution in [0.3, 0.4) is 0 Å². The van der Waals surface area contributed by atoms with E-state index in [-0.39, 0.29) is 11.8 Å². The number of alkyl halides is 4. The molecule has 0 amide bonds. The van der Waals surface area contributed by atoms with E-state index < -0.39 is 9.67 Å². The van der Waals surface area contributed by atoms with Crippen LogP contribution in [0.4, 0.5) is 0 Å². The van der Waals surface area contributed by atoms with E-state index in [1.54, 1.807) is 0 Å². The van der Waals surface area contributed by atoms with Gasteiger partial charge in [0.15, 0.2) is 0 Å². The molecule has 12 heavy (non-hydrogen) atoms. The Balaban J connectivity index is 2.79. The molecule has 0 saturated heterocycles. The van der Waals surface area contributed by atoms with E-state index in [4.69, 9.17) is 69.6 Å². The van der Waals surface area contributed by atoms with Crippen molar-refractivity contribution in [1.29, 1.82) is 0 Å². The highest BCUT2D eigenvalue weighted by atomic mass is 35.5. The van der Waals surface area contributed by atoms with E-state index in [2.05, 4.69) is 0 Å². The number of allylic oxidation sites excluding steroid dienone is 2. The molecule has 0 saturated carbocycles. The molecule has 2 atom stereocenters. The first-order valence-corrected chi connectivity index (χ1v) is 5.58. The summed E-state index contributed by atoms with van der Waals surface area (Å²) in [5.41, 5.74) is 0. The van der Waals surface area contributed by atoms with E-state index in [9.17, 15) is 0 Å². The van der Waals surface area contributed by atoms with E-state index in [0.717, 1.165) is 0 Å². The van der Waals surface area contributed by atoms with Gasteiger partial charge in [-0.2, -0.15) is 0 Å². The molecule has 70 valence electrons. The smallest absolute Gasteiger partial charge is 0.105 e. The SMILES string of the molecule is ClC1=C(Cl)C(C(Cl)Cl)C1C(Cl)Cl. The molecule has 1 rings (SSSR count). The van der Waals surface area contributed by atoms with Crippen LogP contribution >= 0.6 is 69.6 Å². The van der Waals surface area contributed by atoms with Crippen LogP contribution < -0.4 is 0 Å². The van der Waals surface area contributed by atoms with Crippen LogP contribution in [0.1, 0.15) is 0 Å². The van der Waals surface area contributed by atoms with Crippen molar-refractivity contribution < 1.29 is 0 Å². The summed E-state index contributed by atoms with van der Waals surface area (Å²) in [5.74, 6) is -0.468. The first kappa shape index (κ1) is 11.6. The zero-order valence-electron chi connectivity index (χ0n) is 5.58. The summed E-state index contributed by atoms with van der Waals surface area (Å²) in [6.45, 7) is 0. The normalized spacial score (nSPS) is 30.0. The number of rotatable bonds is 2. The Morgan fingerprint density at radius 2 is 1.00 bits per heavy atom. The van der Waals surface area contributed by atoms with Gasteiger partial charge >= 0.3 is 0 Å². The maximum absolute atomic E-state index is 5.76. The molecule has 1 aliphatic carbocycles. The fraction of sp³-hybridized carbons (Fsp3) is 0.667. The molecule has 2 unspecified atom stereocenters. The standard InChI is InChI=1S/C6H4Cl6/c7-3-1(5(9)10)2(4(3)8)6(11)12/h1-2,5-6H. The Kier molecular flexibility index (Phi) is 4.17. The van der Waals surface area contributed by atoms with Gasteiger partial charge in [-0.3, -0.25) is 0 Å². The largest absolute Gasteiger partial charge is 0.116 e. The van der Waals surface area contributed by atoms with E-state index in [0.29, 0.717) is 10.1 Å². The maximum Gasteiger partial charge on any atom is 0.116 e. The molecule has 0 aliphatic heterocycles. The second-order valence-corrected chi connectivity index (χ2v) is 5.56. The third kappa shape index (κ3) is 1.94. The zero-order chi connectivity index (χ0) is 9.46. The monoisotopic (exact) mass is 286 g/mol. The average molecular weight is 289 g/mol. The summed E-state index contributed by atoms with van der Waals surface area (Å²) in [6.07, 6.45) is 0. The zero-order valence-corrected chi connectivity index (χ0v) is 10.1. The van der Waals surface area contributed by atoms with Crippen molar-refractivity contribution >= 4 is 69.6 Å². The van der Waals surface area contributed by atoms with Gasteiger partial charge in [-0.15, -0.1) is 46.4 Å². The van der Waals surface area contributed by atoms with Crippen LogP contribution in [0.2, 0.25) is 0 Å². The highest BCUT2D eigenvalue weighted by Crippen LogP contribution is 2.52. The third-order valence-corrected chi connectivity index (χ3v) is 3.84. The van der Waals surface area contributed by atoms with E-state index in [1.807, 2.05) is 0 Å². The Morgan fingerprint density at radius 1 is 0.750 bits per heavy atom. The van der Waals surface area contributed by atoms with Gasteiger partial charge in [0.1, 0.15) is 9.67 Å². The van der Waals surface area contributed by atoms with Crippen molar-refractivity contribution in [2.24, 2.45) is 11.8 Å². The Bertz CT molecular complexity index is 186.